The zero-order valence-corrected chi connectivity index (χ0v) is 37.9. The number of benzene rings is 3. The molecule has 1 amide bonds. The van der Waals surface area contributed by atoms with Crippen LogP contribution in [0.2, 0.25) is 10.0 Å². The average molecular weight is 836 g/mol. The van der Waals surface area contributed by atoms with Crippen molar-refractivity contribution in [1.29, 1.82) is 5.26 Å². The number of anilines is 3. The van der Waals surface area contributed by atoms with E-state index >= 15 is 0 Å². The molecule has 11 nitrogen and oxygen atoms in total. The van der Waals surface area contributed by atoms with Crippen molar-refractivity contribution in [3.8, 4) is 17.5 Å². The van der Waals surface area contributed by atoms with Gasteiger partial charge in [0.1, 0.15) is 28.8 Å². The van der Waals surface area contributed by atoms with Crippen LogP contribution in [0.15, 0.2) is 58.8 Å². The van der Waals surface area contributed by atoms with Gasteiger partial charge < -0.3 is 14.4 Å². The van der Waals surface area contributed by atoms with Crippen molar-refractivity contribution < 1.29 is 13.2 Å². The number of halogens is 2. The largest absolute Gasteiger partial charge is 0.385 e. The molecule has 0 saturated carbocycles. The second-order valence-corrected chi connectivity index (χ2v) is 19.5. The van der Waals surface area contributed by atoms with Crippen molar-refractivity contribution >= 4 is 68.9 Å². The average Bonchev–Trinajstić information content (AvgIpc) is 3.42. The van der Waals surface area contributed by atoms with E-state index in [9.17, 15) is 14.3 Å². The van der Waals surface area contributed by atoms with Gasteiger partial charge in [-0.25, -0.2) is 4.68 Å². The quantitative estimate of drug-likeness (QED) is 0.129. The molecule has 2 N–H and O–H groups in total. The van der Waals surface area contributed by atoms with Gasteiger partial charge in [-0.15, -0.1) is 10.2 Å². The van der Waals surface area contributed by atoms with Crippen LogP contribution < -0.4 is 19.1 Å². The molecule has 0 aliphatic rings. The minimum Gasteiger partial charge on any atom is -0.385 e. The number of nitrogens with zero attached hydrogens (tertiary/aromatic N) is 6. The van der Waals surface area contributed by atoms with E-state index in [1.165, 1.54) is 11.6 Å². The Hall–Kier alpha value is -4.44. The Morgan fingerprint density at radius 3 is 2.11 bits per heavy atom. The maximum atomic E-state index is 13.4. The molecule has 0 radical (unpaired) electrons. The smallest absolute Gasteiger partial charge is 0.316 e. The number of carbonyl (C=O) groups excluding carboxylic acids is 1. The molecule has 57 heavy (non-hydrogen) atoms. The molecule has 0 fully saturated rings. The van der Waals surface area contributed by atoms with Crippen LogP contribution in [0.3, 0.4) is 0 Å². The van der Waals surface area contributed by atoms with E-state index in [4.69, 9.17) is 32.5 Å². The topological polar surface area (TPSA) is 137 Å². The second-order valence-electron chi connectivity index (χ2n) is 17.8. The van der Waals surface area contributed by atoms with Gasteiger partial charge in [0.05, 0.1) is 27.1 Å². The highest BCUT2D eigenvalue weighted by atomic mass is 35.5. The normalized spacial score (nSPS) is 12.9. The van der Waals surface area contributed by atoms with Gasteiger partial charge in [-0.1, -0.05) is 90.7 Å². The third-order valence-corrected chi connectivity index (χ3v) is 10.5. The van der Waals surface area contributed by atoms with Gasteiger partial charge >= 0.3 is 11.3 Å². The Labute approximate surface area is 351 Å². The highest BCUT2D eigenvalue weighted by Crippen LogP contribution is 2.42. The van der Waals surface area contributed by atoms with Crippen LogP contribution >= 0.6 is 23.2 Å². The fourth-order valence-electron chi connectivity index (χ4n) is 7.20. The van der Waals surface area contributed by atoms with Crippen LogP contribution in [-0.2, 0) is 26.9 Å². The van der Waals surface area contributed by atoms with Crippen LogP contribution in [0.5, 0.6) is 5.75 Å². The number of aryl methyl sites for hydroxylation is 1. The molecule has 0 spiro atoms. The van der Waals surface area contributed by atoms with Crippen LogP contribution in [0, 0.1) is 23.7 Å². The molecule has 1 heterocycles. The Balaban J connectivity index is 1.74. The Bertz CT molecular complexity index is 2200. The molecule has 0 aliphatic carbocycles. The van der Waals surface area contributed by atoms with Crippen LogP contribution in [0.25, 0.3) is 5.69 Å². The molecule has 1 atom stereocenters. The van der Waals surface area contributed by atoms with Gasteiger partial charge in [-0.3, -0.25) is 9.52 Å². The van der Waals surface area contributed by atoms with Gasteiger partial charge in [0.15, 0.2) is 5.82 Å². The molecule has 14 heteroatoms. The molecule has 3 aromatic carbocycles. The molecule has 306 valence electrons. The van der Waals surface area contributed by atoms with Crippen molar-refractivity contribution in [3.05, 3.63) is 81.0 Å². The van der Waals surface area contributed by atoms with Gasteiger partial charge in [0.25, 0.3) is 0 Å². The Morgan fingerprint density at radius 2 is 1.58 bits per heavy atom. The number of nitriles is 1. The summed E-state index contributed by atoms with van der Waals surface area (Å²) in [6.45, 7) is 28.5. The maximum Gasteiger partial charge on any atom is 0.316 e. The molecule has 0 aliphatic heterocycles. The summed E-state index contributed by atoms with van der Waals surface area (Å²) in [4.78, 5) is 14.5. The highest BCUT2D eigenvalue weighted by molar-refractivity contribution is 7.82. The summed E-state index contributed by atoms with van der Waals surface area (Å²) in [5, 5.41) is 27.5. The predicted molar refractivity (Wildman–Crippen MR) is 235 cm³/mol. The first-order valence-electron chi connectivity index (χ1n) is 19.0. The maximum absolute atomic E-state index is 13.4. The molecule has 0 bridgehead atoms. The summed E-state index contributed by atoms with van der Waals surface area (Å²) in [7, 11) is 0. The SMILES string of the molecule is CC(=O)Nc1cc(N(C(C)C)C(C)C)ccc1N=Nc1c(C#N)c(C(C)(C)C)nn1-c1c(Cl)cc(NS(=O)Oc2cc(C(C)(C)CC(C)(C)C)ccc2C)cc1Cl. The van der Waals surface area contributed by atoms with E-state index in [2.05, 4.69) is 99.6 Å². The lowest BCUT2D eigenvalue weighted by atomic mass is 9.72. The van der Waals surface area contributed by atoms with Gasteiger partial charge in [0, 0.05) is 30.1 Å². The fraction of sp³-hybridized carbons (Fsp3) is 0.465. The number of hydrogen-bond donors (Lipinski definition) is 2. The van der Waals surface area contributed by atoms with Crippen LogP contribution in [0.4, 0.5) is 28.6 Å². The summed E-state index contributed by atoms with van der Waals surface area (Å²) >= 11 is 11.8. The number of aromatic nitrogens is 2. The number of hydrogen-bond acceptors (Lipinski definition) is 8. The first kappa shape index (κ1) is 45.3. The minimum atomic E-state index is -2.01. The molecule has 1 aromatic heterocycles. The lowest BCUT2D eigenvalue weighted by Crippen LogP contribution is -2.36. The Morgan fingerprint density at radius 1 is 0.965 bits per heavy atom. The lowest BCUT2D eigenvalue weighted by molar-refractivity contribution is -0.114. The van der Waals surface area contributed by atoms with Gasteiger partial charge in [-0.05, 0) is 99.4 Å². The molecular formula is C43H56Cl2N8O3S. The van der Waals surface area contributed by atoms with Crippen molar-refractivity contribution in [2.75, 3.05) is 14.9 Å². The Kier molecular flexibility index (Phi) is 14.0. The second kappa shape index (κ2) is 17.6. The number of azo groups is 1. The van der Waals surface area contributed by atoms with Gasteiger partial charge in [-0.2, -0.15) is 14.6 Å². The highest BCUT2D eigenvalue weighted by Gasteiger charge is 2.31. The fourth-order valence-corrected chi connectivity index (χ4v) is 8.55. The van der Waals surface area contributed by atoms with Crippen molar-refractivity contribution in [3.63, 3.8) is 0 Å². The first-order valence-corrected chi connectivity index (χ1v) is 20.8. The van der Waals surface area contributed by atoms with E-state index in [1.54, 1.807) is 18.2 Å². The number of nitrogens with one attached hydrogen (secondary N) is 2. The van der Waals surface area contributed by atoms with E-state index in [0.717, 1.165) is 23.2 Å². The summed E-state index contributed by atoms with van der Waals surface area (Å²) in [6.07, 6.45) is 0.945. The molecular weight excluding hydrogens is 779 g/mol. The predicted octanol–water partition coefficient (Wildman–Crippen LogP) is 12.4. The summed E-state index contributed by atoms with van der Waals surface area (Å²) < 4.78 is 23.5. The molecule has 0 saturated heterocycles. The molecule has 4 aromatic rings. The van der Waals surface area contributed by atoms with Crippen LogP contribution in [-0.4, -0.2) is 32.0 Å². The zero-order valence-electron chi connectivity index (χ0n) is 35.6. The first-order chi connectivity index (χ1) is 26.3. The van der Waals surface area contributed by atoms with E-state index in [-0.39, 0.29) is 55.9 Å². The van der Waals surface area contributed by atoms with E-state index < -0.39 is 16.7 Å². The zero-order chi connectivity index (χ0) is 42.8. The number of carbonyl (C=O) groups is 1. The van der Waals surface area contributed by atoms with Crippen molar-refractivity contribution in [2.45, 2.75) is 126 Å². The third-order valence-electron chi connectivity index (χ3n) is 9.17. The molecule has 4 rings (SSSR count). The molecule has 1 unspecified atom stereocenters. The number of rotatable bonds is 13. The standard InChI is InChI=1S/C43H56Cl2N8O3S/c1-25(2)52(26(3)4)31-17-18-35(36(22-31)47-28(6)54)48-49-40-32(23-46)39(42(10,11)12)50-53(40)38-33(44)20-30(21-34(38)45)51-57(55)56-37-19-29(16-15-27(37)5)43(13,14)24-41(7,8)9/h15-22,25-26,51H,24H2,1-14H3,(H,47,54). The van der Waals surface area contributed by atoms with Crippen LogP contribution in [0.1, 0.15) is 119 Å². The van der Waals surface area contributed by atoms with E-state index in [0.29, 0.717) is 28.5 Å². The summed E-state index contributed by atoms with van der Waals surface area (Å²) in [5.74, 6) is 0.310. The van der Waals surface area contributed by atoms with E-state index in [1.807, 2.05) is 52.0 Å². The number of amides is 1. The van der Waals surface area contributed by atoms with Crippen molar-refractivity contribution in [2.24, 2.45) is 15.6 Å². The summed E-state index contributed by atoms with van der Waals surface area (Å²) in [5.41, 5.74) is 4.24. The van der Waals surface area contributed by atoms with Crippen molar-refractivity contribution in [1.82, 2.24) is 9.78 Å². The lowest BCUT2D eigenvalue weighted by Gasteiger charge is -2.33. The summed E-state index contributed by atoms with van der Waals surface area (Å²) in [6, 6.07) is 17.3. The monoisotopic (exact) mass is 834 g/mol. The van der Waals surface area contributed by atoms with Gasteiger partial charge in [0.2, 0.25) is 5.91 Å². The minimum absolute atomic E-state index is 0.0902. The third kappa shape index (κ3) is 11.2.